The Balaban J connectivity index is 1.01. The van der Waals surface area contributed by atoms with Crippen LogP contribution in [-0.4, -0.2) is 94.9 Å². The van der Waals surface area contributed by atoms with Crippen molar-refractivity contribution in [2.45, 2.75) is 91.9 Å². The van der Waals surface area contributed by atoms with E-state index in [1.165, 1.54) is 14.2 Å². The lowest BCUT2D eigenvalue weighted by atomic mass is 9.92. The van der Waals surface area contributed by atoms with Crippen LogP contribution in [-0.2, 0) is 19.1 Å². The second-order valence-electron chi connectivity index (χ2n) is 17.4. The molecule has 4 aromatic rings. The van der Waals surface area contributed by atoms with Crippen molar-refractivity contribution in [2.24, 2.45) is 28.7 Å². The fourth-order valence-corrected chi connectivity index (χ4v) is 9.89. The highest BCUT2D eigenvalue weighted by atomic mass is 32.1. The fourth-order valence-electron chi connectivity index (χ4n) is 8.89. The van der Waals surface area contributed by atoms with E-state index in [0.29, 0.717) is 31.3 Å². The third-order valence-corrected chi connectivity index (χ3v) is 13.2. The Morgan fingerprint density at radius 1 is 0.783 bits per heavy atom. The number of aliphatic imine (C=N–C) groups is 1. The SMILES string of the molecule is COC(=O)N[C@H](C(=O)N1C[C@@H](C)C[C@H]1C1=NC=C(c2ccc(-c3ccc(-c4cc5[nH]c([C@@H]6C[C@H](C)CN6C(=O)[C@@H](NC(=O)OC)C(C)C)nc5s4)cc3)cc2C)C1)C(C)C. The molecule has 318 valence electrons. The highest BCUT2D eigenvalue weighted by Gasteiger charge is 2.42. The van der Waals surface area contributed by atoms with Gasteiger partial charge in [0.05, 0.1) is 31.8 Å². The molecule has 0 bridgehead atoms. The fraction of sp³-hybridized carbons (Fsp3) is 0.478. The number of alkyl carbamates (subject to hydrolysis) is 2. The molecule has 13 nitrogen and oxygen atoms in total. The molecule has 3 N–H and O–H groups in total. The van der Waals surface area contributed by atoms with Gasteiger partial charge in [0, 0.05) is 36.3 Å². The van der Waals surface area contributed by atoms with E-state index in [1.807, 2.05) is 43.7 Å². The van der Waals surface area contributed by atoms with Gasteiger partial charge in [-0.2, -0.15) is 0 Å². The van der Waals surface area contributed by atoms with Crippen LogP contribution in [0.25, 0.3) is 37.5 Å². The molecule has 0 aliphatic carbocycles. The van der Waals surface area contributed by atoms with E-state index in [1.54, 1.807) is 11.3 Å². The number of carbonyl (C=O) groups excluding carboxylic acids is 4. The third kappa shape index (κ3) is 8.70. The average Bonchev–Trinajstić information content (AvgIpc) is 4.07. The first-order valence-corrected chi connectivity index (χ1v) is 21.7. The Kier molecular flexibility index (Phi) is 12.5. The Morgan fingerprint density at radius 3 is 1.88 bits per heavy atom. The Hall–Kier alpha value is -5.50. The van der Waals surface area contributed by atoms with Crippen LogP contribution in [0.15, 0.2) is 59.7 Å². The zero-order chi connectivity index (χ0) is 43.0. The van der Waals surface area contributed by atoms with Crippen molar-refractivity contribution in [3.05, 3.63) is 71.7 Å². The highest BCUT2D eigenvalue weighted by Crippen LogP contribution is 2.40. The van der Waals surface area contributed by atoms with E-state index in [9.17, 15) is 19.2 Å². The molecule has 7 rings (SSSR count). The zero-order valence-electron chi connectivity index (χ0n) is 36.0. The molecule has 4 amide bonds. The van der Waals surface area contributed by atoms with Crippen LogP contribution in [0.4, 0.5) is 9.59 Å². The number of imidazole rings is 1. The van der Waals surface area contributed by atoms with Crippen molar-refractivity contribution in [1.29, 1.82) is 0 Å². The second-order valence-corrected chi connectivity index (χ2v) is 18.5. The number of allylic oxidation sites excluding steroid dienone is 1. The number of nitrogens with one attached hydrogen (secondary N) is 3. The van der Waals surface area contributed by atoms with Crippen molar-refractivity contribution < 1.29 is 28.7 Å². The predicted molar refractivity (Wildman–Crippen MR) is 235 cm³/mol. The maximum absolute atomic E-state index is 13.8. The number of likely N-dealkylation sites (tertiary alicyclic amines) is 2. The molecule has 6 atom stereocenters. The second kappa shape index (κ2) is 17.6. The summed E-state index contributed by atoms with van der Waals surface area (Å²) in [5.41, 5.74) is 8.68. The molecule has 60 heavy (non-hydrogen) atoms. The van der Waals surface area contributed by atoms with Gasteiger partial charge >= 0.3 is 12.2 Å². The van der Waals surface area contributed by atoms with Crippen molar-refractivity contribution >= 4 is 57.0 Å². The first-order chi connectivity index (χ1) is 28.6. The van der Waals surface area contributed by atoms with Gasteiger partial charge in [-0.25, -0.2) is 14.6 Å². The Morgan fingerprint density at radius 2 is 1.33 bits per heavy atom. The first kappa shape index (κ1) is 42.6. The minimum Gasteiger partial charge on any atom is -0.453 e. The number of ether oxygens (including phenoxy) is 2. The van der Waals surface area contributed by atoms with E-state index < -0.39 is 24.3 Å². The largest absolute Gasteiger partial charge is 0.453 e. The molecule has 2 aromatic heterocycles. The number of benzene rings is 2. The van der Waals surface area contributed by atoms with E-state index in [0.717, 1.165) is 73.0 Å². The lowest BCUT2D eigenvalue weighted by Crippen LogP contribution is -2.53. The quantitative estimate of drug-likeness (QED) is 0.137. The number of aromatic nitrogens is 2. The molecule has 0 spiro atoms. The molecule has 3 aliphatic heterocycles. The van der Waals surface area contributed by atoms with Gasteiger partial charge in [0.2, 0.25) is 11.8 Å². The van der Waals surface area contributed by atoms with Crippen LogP contribution in [0.3, 0.4) is 0 Å². The standard InChI is InChI=1S/C46H57N7O6S/c1-24(2)39(49-45(56)58-8)43(54)52-22-26(5)16-36(52)34-19-32(21-47-34)33-15-14-31(18-28(33)7)29-10-12-30(13-11-29)38-20-35-42(60-38)51-41(48-35)37-17-27(6)23-53(37)44(55)40(25(3)4)50-46(57)59-9/h10-15,18,20-21,24-27,36-37,39-40H,16-17,19,22-23H2,1-9H3,(H,48,51)(H,49,56)(H,50,57)/t26-,27-,36-,37-,39-,40-/m0/s1. The van der Waals surface area contributed by atoms with Crippen LogP contribution < -0.4 is 10.6 Å². The number of hydrogen-bond acceptors (Lipinski definition) is 9. The highest BCUT2D eigenvalue weighted by molar-refractivity contribution is 7.21. The molecule has 2 saturated heterocycles. The number of nitrogens with zero attached hydrogens (tertiary/aromatic N) is 4. The summed E-state index contributed by atoms with van der Waals surface area (Å²) in [6.45, 7) is 15.3. The predicted octanol–water partition coefficient (Wildman–Crippen LogP) is 8.36. The molecule has 3 aliphatic rings. The maximum atomic E-state index is 13.8. The van der Waals surface area contributed by atoms with Crippen molar-refractivity contribution in [3.8, 4) is 21.6 Å². The number of carbonyl (C=O) groups is 4. The van der Waals surface area contributed by atoms with Gasteiger partial charge in [0.1, 0.15) is 22.7 Å². The third-order valence-electron chi connectivity index (χ3n) is 12.1. The maximum Gasteiger partial charge on any atom is 0.407 e. The number of aromatic amines is 1. The monoisotopic (exact) mass is 835 g/mol. The van der Waals surface area contributed by atoms with Crippen LogP contribution in [0.2, 0.25) is 0 Å². The van der Waals surface area contributed by atoms with Gasteiger partial charge in [0.15, 0.2) is 0 Å². The van der Waals surface area contributed by atoms with Gasteiger partial charge in [-0.15, -0.1) is 11.3 Å². The summed E-state index contributed by atoms with van der Waals surface area (Å²) in [6.07, 6.45) is 3.01. The zero-order valence-corrected chi connectivity index (χ0v) is 36.8. The van der Waals surface area contributed by atoms with E-state index in [4.69, 9.17) is 19.5 Å². The Bertz CT molecular complexity index is 2300. The van der Waals surface area contributed by atoms with Gasteiger partial charge in [-0.05, 0) is 82.9 Å². The molecule has 0 saturated carbocycles. The molecule has 2 fully saturated rings. The topological polar surface area (TPSA) is 158 Å². The lowest BCUT2D eigenvalue weighted by Gasteiger charge is -2.31. The first-order valence-electron chi connectivity index (χ1n) is 20.9. The van der Waals surface area contributed by atoms with Gasteiger partial charge in [-0.1, -0.05) is 84.0 Å². The molecule has 0 radical (unpaired) electrons. The summed E-state index contributed by atoms with van der Waals surface area (Å²) in [6, 6.07) is 15.6. The molecule has 5 heterocycles. The minimum atomic E-state index is -0.689. The summed E-state index contributed by atoms with van der Waals surface area (Å²) in [7, 11) is 2.60. The van der Waals surface area contributed by atoms with Crippen molar-refractivity contribution in [3.63, 3.8) is 0 Å². The van der Waals surface area contributed by atoms with Crippen LogP contribution in [0, 0.1) is 30.6 Å². The molecule has 0 unspecified atom stereocenters. The Labute approximate surface area is 356 Å². The molecule has 14 heteroatoms. The normalized spacial score (nSPS) is 21.3. The van der Waals surface area contributed by atoms with Crippen LogP contribution in [0.5, 0.6) is 0 Å². The summed E-state index contributed by atoms with van der Waals surface area (Å²) < 4.78 is 9.60. The number of H-pyrrole nitrogens is 1. The lowest BCUT2D eigenvalue weighted by molar-refractivity contribution is -0.136. The number of methoxy groups -OCH3 is 2. The van der Waals surface area contributed by atoms with E-state index in [2.05, 4.69) is 84.9 Å². The average molecular weight is 836 g/mol. The van der Waals surface area contributed by atoms with Gasteiger partial charge in [-0.3, -0.25) is 14.6 Å². The van der Waals surface area contributed by atoms with Crippen LogP contribution >= 0.6 is 11.3 Å². The number of fused-ring (bicyclic) bond motifs is 1. The van der Waals surface area contributed by atoms with Crippen molar-refractivity contribution in [2.75, 3.05) is 27.3 Å². The van der Waals surface area contributed by atoms with Gasteiger partial charge < -0.3 is 34.9 Å². The summed E-state index contributed by atoms with van der Waals surface area (Å²) >= 11 is 1.62. The molecular weight excluding hydrogens is 779 g/mol. The summed E-state index contributed by atoms with van der Waals surface area (Å²) in [5, 5.41) is 5.47. The summed E-state index contributed by atoms with van der Waals surface area (Å²) in [5.74, 6) is 0.955. The smallest absolute Gasteiger partial charge is 0.407 e. The van der Waals surface area contributed by atoms with Crippen LogP contribution in [0.1, 0.15) is 83.8 Å². The minimum absolute atomic E-state index is 0.0932. The number of aryl methyl sites for hydroxylation is 1. The molecule has 2 aromatic carbocycles. The number of hydrogen-bond donors (Lipinski definition) is 3. The van der Waals surface area contributed by atoms with Crippen molar-refractivity contribution in [1.82, 2.24) is 30.4 Å². The number of amides is 4. The number of rotatable bonds is 11. The van der Waals surface area contributed by atoms with E-state index >= 15 is 0 Å². The summed E-state index contributed by atoms with van der Waals surface area (Å²) in [4.78, 5) is 70.7. The molecular formula is C46H57N7O6S. The number of thiophene rings is 1. The van der Waals surface area contributed by atoms with E-state index in [-0.39, 0.29) is 35.7 Å². The van der Waals surface area contributed by atoms with Gasteiger partial charge in [0.25, 0.3) is 0 Å².